The molecule has 2 atom stereocenters. The molecule has 43 heavy (non-hydrogen) atoms. The lowest BCUT2D eigenvalue weighted by Crippen LogP contribution is -2.52. The molecule has 1 unspecified atom stereocenters. The monoisotopic (exact) mass is 625 g/mol. The van der Waals surface area contributed by atoms with Crippen molar-refractivity contribution in [2.24, 2.45) is 5.92 Å². The Hall–Kier alpha value is -3.77. The third-order valence-corrected chi connectivity index (χ3v) is 10.3. The lowest BCUT2D eigenvalue weighted by molar-refractivity contribution is -0.136. The van der Waals surface area contributed by atoms with Gasteiger partial charge >= 0.3 is 6.03 Å². The maximum Gasteiger partial charge on any atom is 0.320 e. The first-order valence-corrected chi connectivity index (χ1v) is 15.6. The van der Waals surface area contributed by atoms with Gasteiger partial charge in [-0.25, -0.2) is 14.2 Å². The maximum absolute atomic E-state index is 15.7. The number of hydrogen-bond donors (Lipinski definition) is 3. The fourth-order valence-electron chi connectivity index (χ4n) is 6.03. The minimum absolute atomic E-state index is 0.0837. The van der Waals surface area contributed by atoms with E-state index in [1.165, 1.54) is 28.4 Å². The van der Waals surface area contributed by atoms with Gasteiger partial charge < -0.3 is 20.3 Å². The summed E-state index contributed by atoms with van der Waals surface area (Å²) >= 11 is 7.84. The number of ether oxygens (including phenoxy) is 1. The van der Waals surface area contributed by atoms with Crippen LogP contribution < -0.4 is 20.7 Å². The Morgan fingerprint density at radius 2 is 1.98 bits per heavy atom. The first-order valence-electron chi connectivity index (χ1n) is 14.4. The minimum atomic E-state index is -0.862. The van der Waals surface area contributed by atoms with Gasteiger partial charge in [0.25, 0.3) is 5.91 Å². The smallest absolute Gasteiger partial charge is 0.320 e. The van der Waals surface area contributed by atoms with Gasteiger partial charge in [-0.2, -0.15) is 0 Å². The number of rotatable bonds is 7. The zero-order chi connectivity index (χ0) is 30.0. The van der Waals surface area contributed by atoms with E-state index in [0.29, 0.717) is 21.3 Å². The highest BCUT2D eigenvalue weighted by Crippen LogP contribution is 2.48. The van der Waals surface area contributed by atoms with Crippen LogP contribution in [0, 0.1) is 11.7 Å². The number of thiazole rings is 1. The van der Waals surface area contributed by atoms with Crippen molar-refractivity contribution in [3.63, 3.8) is 0 Å². The van der Waals surface area contributed by atoms with E-state index in [0.717, 1.165) is 36.8 Å². The molecule has 0 spiro atoms. The van der Waals surface area contributed by atoms with Crippen molar-refractivity contribution in [2.45, 2.75) is 76.1 Å². The molecule has 13 heteroatoms. The Balaban J connectivity index is 1.11. The van der Waals surface area contributed by atoms with Gasteiger partial charge in [-0.3, -0.25) is 19.7 Å². The van der Waals surface area contributed by atoms with Crippen molar-refractivity contribution < 1.29 is 28.3 Å². The summed E-state index contributed by atoms with van der Waals surface area (Å²) in [6, 6.07) is 4.95. The molecule has 3 heterocycles. The molecule has 5 amide bonds. The second kappa shape index (κ2) is 10.4. The molecule has 224 valence electrons. The van der Waals surface area contributed by atoms with Crippen molar-refractivity contribution >= 4 is 62.6 Å². The van der Waals surface area contributed by atoms with Gasteiger partial charge in [0, 0.05) is 28.6 Å². The number of hydrogen-bond acceptors (Lipinski definition) is 7. The molecule has 1 aromatic heterocycles. The van der Waals surface area contributed by atoms with E-state index >= 15 is 4.39 Å². The average Bonchev–Trinajstić information content (AvgIpc) is 3.62. The maximum atomic E-state index is 15.7. The molecule has 3 N–H and O–H groups in total. The van der Waals surface area contributed by atoms with Crippen LogP contribution in [0.4, 0.5) is 14.9 Å². The number of imide groups is 1. The number of benzene rings is 2. The van der Waals surface area contributed by atoms with Crippen LogP contribution in [-0.2, 0) is 21.7 Å². The largest absolute Gasteiger partial charge is 0.488 e. The van der Waals surface area contributed by atoms with Crippen molar-refractivity contribution in [1.29, 1.82) is 0 Å². The van der Waals surface area contributed by atoms with E-state index in [1.807, 2.05) is 13.0 Å². The van der Waals surface area contributed by atoms with Crippen LogP contribution in [0.5, 0.6) is 5.75 Å². The highest BCUT2D eigenvalue weighted by molar-refractivity contribution is 7.18. The van der Waals surface area contributed by atoms with Crippen LogP contribution in [-0.4, -0.2) is 45.8 Å². The van der Waals surface area contributed by atoms with Crippen LogP contribution in [0.2, 0.25) is 5.02 Å². The number of fused-ring (bicyclic) bond motifs is 2. The number of urea groups is 1. The van der Waals surface area contributed by atoms with Crippen LogP contribution >= 0.6 is 22.9 Å². The molecule has 2 saturated carbocycles. The molecule has 3 fully saturated rings. The number of aromatic nitrogens is 1. The zero-order valence-electron chi connectivity index (χ0n) is 23.3. The number of piperidine rings is 1. The van der Waals surface area contributed by atoms with Crippen LogP contribution in [0.1, 0.15) is 72.8 Å². The first kappa shape index (κ1) is 28.0. The lowest BCUT2D eigenvalue weighted by atomic mass is 9.96. The second-order valence-electron chi connectivity index (χ2n) is 11.8. The third-order valence-electron chi connectivity index (χ3n) is 8.88. The quantitative estimate of drug-likeness (QED) is 0.309. The van der Waals surface area contributed by atoms with E-state index < -0.39 is 41.2 Å². The van der Waals surface area contributed by atoms with E-state index in [-0.39, 0.29) is 48.2 Å². The molecule has 2 aliphatic heterocycles. The second-order valence-corrected chi connectivity index (χ2v) is 13.3. The Labute approximate surface area is 255 Å². The molecule has 3 aromatic rings. The van der Waals surface area contributed by atoms with Gasteiger partial charge in [-0.15, -0.1) is 11.3 Å². The Bertz CT molecular complexity index is 1710. The van der Waals surface area contributed by atoms with Crippen LogP contribution in [0.3, 0.4) is 0 Å². The molecule has 10 nitrogen and oxygen atoms in total. The Kier molecular flexibility index (Phi) is 6.81. The number of carbonyl (C=O) groups excluding carboxylic acids is 4. The summed E-state index contributed by atoms with van der Waals surface area (Å²) in [5.41, 5.74) is 0.0307. The fraction of sp³-hybridized carbons (Fsp3) is 0.433. The number of carbonyl (C=O) groups is 4. The van der Waals surface area contributed by atoms with Gasteiger partial charge in [0.05, 0.1) is 28.6 Å². The molecular formula is C30H29ClFN5O5S. The van der Waals surface area contributed by atoms with Gasteiger partial charge in [0.1, 0.15) is 22.3 Å². The molecular weight excluding hydrogens is 597 g/mol. The lowest BCUT2D eigenvalue weighted by Gasteiger charge is -2.29. The number of nitrogens with zero attached hydrogens (tertiary/aromatic N) is 2. The van der Waals surface area contributed by atoms with Gasteiger partial charge in [-0.05, 0) is 69.6 Å². The summed E-state index contributed by atoms with van der Waals surface area (Å²) in [6.45, 7) is 1.79. The summed E-state index contributed by atoms with van der Waals surface area (Å²) in [7, 11) is 0. The standard InChI is InChI=1S/C30H29ClFN5O5S/c1-30(14-5-6-14,28-35-25-21(42-16-3-2-4-16)11-15(31)12-22(25)43-28)36-29(41)33-19-8-7-17-18(24(19)32)13-37(27(17)40)20-9-10-23(38)34-26(20)39/h7-8,11-12,14,16,20H,2-6,9-10,13H2,1H3,(H2,33,36,41)(H,34,38,39)/t20?,30-/m0/s1. The molecule has 1 saturated heterocycles. The molecule has 4 aliphatic rings. The van der Waals surface area contributed by atoms with Gasteiger partial charge in [0.15, 0.2) is 5.82 Å². The van der Waals surface area contributed by atoms with Gasteiger partial charge in [-0.1, -0.05) is 11.6 Å². The molecule has 0 bridgehead atoms. The predicted octanol–water partition coefficient (Wildman–Crippen LogP) is 5.23. The van der Waals surface area contributed by atoms with Crippen LogP contribution in [0.25, 0.3) is 10.2 Å². The number of amides is 5. The summed E-state index contributed by atoms with van der Waals surface area (Å²) in [5.74, 6) is -1.42. The Morgan fingerprint density at radius 3 is 2.67 bits per heavy atom. The Morgan fingerprint density at radius 1 is 1.19 bits per heavy atom. The number of nitrogens with one attached hydrogen (secondary N) is 3. The fourth-order valence-corrected chi connectivity index (χ4v) is 7.50. The minimum Gasteiger partial charge on any atom is -0.488 e. The normalized spacial score (nSPS) is 21.7. The molecule has 7 rings (SSSR count). The van der Waals surface area contributed by atoms with Crippen molar-refractivity contribution in [3.8, 4) is 5.75 Å². The SMILES string of the molecule is C[C@@](NC(=O)Nc1ccc2c(c1F)CN(C1CCC(=O)NC1=O)C2=O)(c1nc2c(OC3CCC3)cc(Cl)cc2s1)C1CC1. The van der Waals surface area contributed by atoms with E-state index in [2.05, 4.69) is 16.0 Å². The highest BCUT2D eigenvalue weighted by Gasteiger charge is 2.47. The topological polar surface area (TPSA) is 130 Å². The van der Waals surface area contributed by atoms with E-state index in [4.69, 9.17) is 21.3 Å². The average molecular weight is 626 g/mol. The van der Waals surface area contributed by atoms with Crippen molar-refractivity contribution in [2.75, 3.05) is 5.32 Å². The summed E-state index contributed by atoms with van der Waals surface area (Å²) in [5, 5.41) is 9.16. The number of anilines is 1. The van der Waals surface area contributed by atoms with Crippen molar-refractivity contribution in [3.05, 3.63) is 51.2 Å². The highest BCUT2D eigenvalue weighted by atomic mass is 35.5. The molecule has 0 radical (unpaired) electrons. The number of halogens is 2. The van der Waals surface area contributed by atoms with Gasteiger partial charge in [0.2, 0.25) is 11.8 Å². The predicted molar refractivity (Wildman–Crippen MR) is 158 cm³/mol. The summed E-state index contributed by atoms with van der Waals surface area (Å²) in [4.78, 5) is 56.4. The molecule has 2 aromatic carbocycles. The van der Waals surface area contributed by atoms with E-state index in [1.54, 1.807) is 6.07 Å². The summed E-state index contributed by atoms with van der Waals surface area (Å²) < 4.78 is 22.7. The van der Waals surface area contributed by atoms with Crippen LogP contribution in [0.15, 0.2) is 24.3 Å². The van der Waals surface area contributed by atoms with Crippen molar-refractivity contribution in [1.82, 2.24) is 20.5 Å². The first-order chi connectivity index (χ1) is 20.6. The molecule has 2 aliphatic carbocycles. The summed E-state index contributed by atoms with van der Waals surface area (Å²) in [6.07, 6.45) is 5.36. The van der Waals surface area contributed by atoms with E-state index in [9.17, 15) is 19.2 Å². The zero-order valence-corrected chi connectivity index (χ0v) is 24.9. The third kappa shape index (κ3) is 5.00.